The fourth-order valence-corrected chi connectivity index (χ4v) is 1.36. The molecule has 0 bridgehead atoms. The molecule has 0 aromatic heterocycles. The second-order valence-corrected chi connectivity index (χ2v) is 3.31. The molecule has 0 aliphatic rings. The van der Waals surface area contributed by atoms with Gasteiger partial charge in [-0.05, 0) is 0 Å². The molecule has 1 aromatic carbocycles. The van der Waals surface area contributed by atoms with Gasteiger partial charge in [0.25, 0.3) is 0 Å². The van der Waals surface area contributed by atoms with Gasteiger partial charge in [-0.2, -0.15) is 5.26 Å². The monoisotopic (exact) mass is 221 g/mol. The summed E-state index contributed by atoms with van der Waals surface area (Å²) in [6.45, 7) is 0. The number of benzene rings is 1. The number of hydrogen-bond donors (Lipinski definition) is 1. The van der Waals surface area contributed by atoms with E-state index in [1.54, 1.807) is 35.7 Å². The minimum absolute atomic E-state index is 0.00662. The highest BCUT2D eigenvalue weighted by Crippen LogP contribution is 2.22. The van der Waals surface area contributed by atoms with E-state index < -0.39 is 4.92 Å². The third-order valence-electron chi connectivity index (χ3n) is 1.62. The van der Waals surface area contributed by atoms with Gasteiger partial charge in [0.15, 0.2) is 0 Å². The molecular weight excluding hydrogens is 214 g/mol. The number of thioether (sulfide) groups is 1. The number of nitrogens with two attached hydrogens (primary N) is 1. The maximum atomic E-state index is 10.6. The predicted molar refractivity (Wildman–Crippen MR) is 57.7 cm³/mol. The number of nitro groups is 1. The Morgan fingerprint density at radius 2 is 2.07 bits per heavy atom. The largest absolute Gasteiger partial charge is 0.392 e. The van der Waals surface area contributed by atoms with Crippen LogP contribution in [-0.2, 0) is 0 Å². The highest BCUT2D eigenvalue weighted by Gasteiger charge is 2.18. The molecule has 0 heterocycles. The standard InChI is InChI=1S/C9H7N3O2S/c10-6-15-9(12(13)14)8(11)7-4-2-1-3-5-7/h1-5H,11H2/b9-8-. The lowest BCUT2D eigenvalue weighted by molar-refractivity contribution is -0.409. The van der Waals surface area contributed by atoms with Gasteiger partial charge in [-0.15, -0.1) is 0 Å². The molecule has 15 heavy (non-hydrogen) atoms. The SMILES string of the molecule is N#CS/C(=C(\N)c1ccccc1)[N+](=O)[O-]. The normalized spacial score (nSPS) is 11.4. The summed E-state index contributed by atoms with van der Waals surface area (Å²) in [5, 5.41) is 20.3. The molecule has 1 aromatic rings. The molecule has 6 heteroatoms. The molecule has 0 spiro atoms. The highest BCUT2D eigenvalue weighted by molar-refractivity contribution is 8.07. The Morgan fingerprint density at radius 1 is 1.47 bits per heavy atom. The van der Waals surface area contributed by atoms with Crippen molar-refractivity contribution in [1.29, 1.82) is 5.26 Å². The van der Waals surface area contributed by atoms with Crippen LogP contribution in [0.2, 0.25) is 0 Å². The molecule has 0 aliphatic heterocycles. The molecule has 76 valence electrons. The van der Waals surface area contributed by atoms with Gasteiger partial charge >= 0.3 is 5.03 Å². The lowest BCUT2D eigenvalue weighted by Crippen LogP contribution is -2.05. The average molecular weight is 221 g/mol. The van der Waals surface area contributed by atoms with E-state index in [1.807, 2.05) is 0 Å². The van der Waals surface area contributed by atoms with Gasteiger partial charge in [0.1, 0.15) is 11.1 Å². The van der Waals surface area contributed by atoms with E-state index in [9.17, 15) is 10.1 Å². The molecule has 1 rings (SSSR count). The van der Waals surface area contributed by atoms with Crippen molar-refractivity contribution in [3.63, 3.8) is 0 Å². The average Bonchev–Trinajstić information content (AvgIpc) is 2.26. The van der Waals surface area contributed by atoms with Crippen molar-refractivity contribution in [3.05, 3.63) is 51.0 Å². The van der Waals surface area contributed by atoms with E-state index >= 15 is 0 Å². The molecule has 0 atom stereocenters. The fourth-order valence-electron chi connectivity index (χ4n) is 0.975. The van der Waals surface area contributed by atoms with Crippen molar-refractivity contribution in [2.45, 2.75) is 0 Å². The first-order chi connectivity index (χ1) is 7.16. The zero-order valence-corrected chi connectivity index (χ0v) is 8.40. The summed E-state index contributed by atoms with van der Waals surface area (Å²) in [6.07, 6.45) is 0. The van der Waals surface area contributed by atoms with Gasteiger partial charge in [0.05, 0.1) is 16.7 Å². The Morgan fingerprint density at radius 3 is 2.53 bits per heavy atom. The van der Waals surface area contributed by atoms with Gasteiger partial charge in [-0.25, -0.2) is 0 Å². The summed E-state index contributed by atoms with van der Waals surface area (Å²) in [6, 6.07) is 8.52. The van der Waals surface area contributed by atoms with E-state index in [0.29, 0.717) is 17.3 Å². The zero-order chi connectivity index (χ0) is 11.3. The first kappa shape index (κ1) is 11.1. The molecule has 0 aliphatic carbocycles. The summed E-state index contributed by atoms with van der Waals surface area (Å²) in [7, 11) is 0. The van der Waals surface area contributed by atoms with Crippen molar-refractivity contribution in [2.75, 3.05) is 0 Å². The van der Waals surface area contributed by atoms with E-state index in [1.165, 1.54) is 0 Å². The lowest BCUT2D eigenvalue weighted by atomic mass is 10.2. The topological polar surface area (TPSA) is 93.0 Å². The van der Waals surface area contributed by atoms with E-state index in [-0.39, 0.29) is 10.7 Å². The quantitative estimate of drug-likeness (QED) is 0.477. The van der Waals surface area contributed by atoms with Gasteiger partial charge in [0, 0.05) is 5.56 Å². The molecule has 0 unspecified atom stereocenters. The number of nitriles is 1. The Balaban J connectivity index is 3.17. The summed E-state index contributed by atoms with van der Waals surface area (Å²) < 4.78 is 0. The van der Waals surface area contributed by atoms with E-state index in [2.05, 4.69) is 0 Å². The Bertz CT molecular complexity index is 436. The van der Waals surface area contributed by atoms with Crippen molar-refractivity contribution in [3.8, 4) is 5.40 Å². The Kier molecular flexibility index (Phi) is 3.71. The molecule has 0 saturated carbocycles. The Labute approximate surface area is 90.3 Å². The second-order valence-electron chi connectivity index (χ2n) is 2.54. The molecule has 0 saturated heterocycles. The van der Waals surface area contributed by atoms with Crippen molar-refractivity contribution in [2.24, 2.45) is 5.73 Å². The summed E-state index contributed by atoms with van der Waals surface area (Å²) in [4.78, 5) is 9.94. The van der Waals surface area contributed by atoms with E-state index in [0.717, 1.165) is 0 Å². The molecular formula is C9H7N3O2S. The van der Waals surface area contributed by atoms with Crippen molar-refractivity contribution < 1.29 is 4.92 Å². The maximum absolute atomic E-state index is 10.6. The van der Waals surface area contributed by atoms with Crippen LogP contribution in [0, 0.1) is 20.8 Å². The third-order valence-corrected chi connectivity index (χ3v) is 2.28. The third kappa shape index (κ3) is 2.72. The van der Waals surface area contributed by atoms with Crippen molar-refractivity contribution in [1.82, 2.24) is 0 Å². The first-order valence-electron chi connectivity index (χ1n) is 3.92. The minimum Gasteiger partial charge on any atom is -0.392 e. The van der Waals surface area contributed by atoms with Crippen LogP contribution < -0.4 is 5.73 Å². The number of thiocyanates is 1. The smallest absolute Gasteiger partial charge is 0.340 e. The maximum Gasteiger partial charge on any atom is 0.340 e. The molecule has 0 amide bonds. The van der Waals surface area contributed by atoms with Gasteiger partial charge in [0.2, 0.25) is 0 Å². The van der Waals surface area contributed by atoms with Crippen LogP contribution in [0.15, 0.2) is 35.4 Å². The van der Waals surface area contributed by atoms with Crippen LogP contribution in [0.3, 0.4) is 0 Å². The number of rotatable bonds is 3. The number of nitrogens with zero attached hydrogens (tertiary/aromatic N) is 2. The predicted octanol–water partition coefficient (Wildman–Crippen LogP) is 1.76. The first-order valence-corrected chi connectivity index (χ1v) is 4.74. The number of hydrogen-bond acceptors (Lipinski definition) is 5. The molecule has 2 N–H and O–H groups in total. The molecule has 0 radical (unpaired) electrons. The molecule has 0 fully saturated rings. The van der Waals surface area contributed by atoms with Gasteiger partial charge in [-0.3, -0.25) is 10.1 Å². The van der Waals surface area contributed by atoms with Crippen LogP contribution in [0.5, 0.6) is 0 Å². The molecule has 5 nitrogen and oxygen atoms in total. The summed E-state index contributed by atoms with van der Waals surface area (Å²) in [5.41, 5.74) is 6.13. The summed E-state index contributed by atoms with van der Waals surface area (Å²) >= 11 is 0.449. The van der Waals surface area contributed by atoms with Crippen LogP contribution in [0.1, 0.15) is 5.56 Å². The summed E-state index contributed by atoms with van der Waals surface area (Å²) in [5.74, 6) is 0. The van der Waals surface area contributed by atoms with Crippen LogP contribution in [-0.4, -0.2) is 4.92 Å². The Hall–Kier alpha value is -2.00. The zero-order valence-electron chi connectivity index (χ0n) is 7.58. The van der Waals surface area contributed by atoms with Gasteiger partial charge in [-0.1, -0.05) is 30.3 Å². The van der Waals surface area contributed by atoms with Gasteiger partial charge < -0.3 is 5.73 Å². The fraction of sp³-hybridized carbons (Fsp3) is 0. The highest BCUT2D eigenvalue weighted by atomic mass is 32.2. The van der Waals surface area contributed by atoms with Crippen LogP contribution in [0.4, 0.5) is 0 Å². The van der Waals surface area contributed by atoms with Crippen LogP contribution >= 0.6 is 11.8 Å². The van der Waals surface area contributed by atoms with Crippen molar-refractivity contribution >= 4 is 17.5 Å². The second kappa shape index (κ2) is 5.02. The minimum atomic E-state index is -0.657. The van der Waals surface area contributed by atoms with E-state index in [4.69, 9.17) is 11.0 Å². The lowest BCUT2D eigenvalue weighted by Gasteiger charge is -2.00. The van der Waals surface area contributed by atoms with Crippen LogP contribution in [0.25, 0.3) is 5.70 Å².